The molecular weight excluding hydrogens is 298 g/mol. The first-order valence-corrected chi connectivity index (χ1v) is 6.43. The molecule has 5 nitrogen and oxygen atoms in total. The van der Waals surface area contributed by atoms with Crippen LogP contribution in [0.5, 0.6) is 0 Å². The molecule has 0 saturated carbocycles. The SMILES string of the molecule is Cc1c(Br)cccc1NCCOC(C)/C(N)=N/O. The Hall–Kier alpha value is -1.27. The number of nitrogens with zero attached hydrogens (tertiary/aromatic N) is 1. The molecule has 0 aliphatic rings. The third kappa shape index (κ3) is 4.19. The molecule has 1 atom stereocenters. The van der Waals surface area contributed by atoms with Crippen LogP contribution in [0, 0.1) is 6.92 Å². The largest absolute Gasteiger partial charge is 0.409 e. The van der Waals surface area contributed by atoms with Crippen molar-refractivity contribution in [2.45, 2.75) is 20.0 Å². The maximum absolute atomic E-state index is 8.47. The molecule has 0 fully saturated rings. The van der Waals surface area contributed by atoms with Crippen LogP contribution < -0.4 is 11.1 Å². The van der Waals surface area contributed by atoms with Gasteiger partial charge in [0.05, 0.1) is 6.61 Å². The van der Waals surface area contributed by atoms with E-state index in [1.165, 1.54) is 0 Å². The van der Waals surface area contributed by atoms with Crippen LogP contribution in [0.25, 0.3) is 0 Å². The second-order valence-corrected chi connectivity index (χ2v) is 4.73. The quantitative estimate of drug-likeness (QED) is 0.247. The van der Waals surface area contributed by atoms with E-state index < -0.39 is 0 Å². The molecule has 1 unspecified atom stereocenters. The molecular formula is C12H18BrN3O2. The summed E-state index contributed by atoms with van der Waals surface area (Å²) in [6, 6.07) is 5.98. The molecule has 0 aliphatic carbocycles. The predicted octanol–water partition coefficient (Wildman–Crippen LogP) is 2.32. The number of ether oxygens (including phenoxy) is 1. The molecule has 18 heavy (non-hydrogen) atoms. The summed E-state index contributed by atoms with van der Waals surface area (Å²) in [7, 11) is 0. The van der Waals surface area contributed by atoms with Crippen LogP contribution in [0.15, 0.2) is 27.8 Å². The van der Waals surface area contributed by atoms with Gasteiger partial charge in [-0.05, 0) is 31.5 Å². The van der Waals surface area contributed by atoms with Crippen molar-refractivity contribution < 1.29 is 9.94 Å². The fourth-order valence-electron chi connectivity index (χ4n) is 1.39. The smallest absolute Gasteiger partial charge is 0.168 e. The number of anilines is 1. The Labute approximate surface area is 115 Å². The Kier molecular flexibility index (Phi) is 5.94. The monoisotopic (exact) mass is 315 g/mol. The summed E-state index contributed by atoms with van der Waals surface area (Å²) < 4.78 is 6.46. The van der Waals surface area contributed by atoms with Crippen LogP contribution in [0.3, 0.4) is 0 Å². The molecule has 1 rings (SSSR count). The minimum Gasteiger partial charge on any atom is -0.409 e. The molecule has 0 aliphatic heterocycles. The molecule has 0 bridgehead atoms. The van der Waals surface area contributed by atoms with Crippen LogP contribution in [0.2, 0.25) is 0 Å². The zero-order valence-corrected chi connectivity index (χ0v) is 12.1. The van der Waals surface area contributed by atoms with Gasteiger partial charge >= 0.3 is 0 Å². The number of nitrogens with two attached hydrogens (primary N) is 1. The highest BCUT2D eigenvalue weighted by Gasteiger charge is 2.07. The number of hydrogen-bond acceptors (Lipinski definition) is 4. The van der Waals surface area contributed by atoms with E-state index in [4.69, 9.17) is 15.7 Å². The van der Waals surface area contributed by atoms with E-state index in [0.29, 0.717) is 13.2 Å². The molecule has 4 N–H and O–H groups in total. The van der Waals surface area contributed by atoms with Gasteiger partial charge in [0.2, 0.25) is 0 Å². The fraction of sp³-hybridized carbons (Fsp3) is 0.417. The van der Waals surface area contributed by atoms with Gasteiger partial charge in [-0.3, -0.25) is 0 Å². The van der Waals surface area contributed by atoms with Crippen molar-refractivity contribution in [1.29, 1.82) is 0 Å². The normalized spacial score (nSPS) is 13.4. The van der Waals surface area contributed by atoms with Gasteiger partial charge in [0.1, 0.15) is 6.10 Å². The highest BCUT2D eigenvalue weighted by atomic mass is 79.9. The molecule has 0 radical (unpaired) electrons. The van der Waals surface area contributed by atoms with E-state index >= 15 is 0 Å². The van der Waals surface area contributed by atoms with Gasteiger partial charge in [0.15, 0.2) is 5.84 Å². The van der Waals surface area contributed by atoms with Gasteiger partial charge in [-0.25, -0.2) is 0 Å². The predicted molar refractivity (Wildman–Crippen MR) is 76.2 cm³/mol. The first-order chi connectivity index (χ1) is 8.56. The van der Waals surface area contributed by atoms with Crippen molar-refractivity contribution in [3.8, 4) is 0 Å². The van der Waals surface area contributed by atoms with Crippen molar-refractivity contribution in [3.05, 3.63) is 28.2 Å². The Morgan fingerprint density at radius 3 is 3.00 bits per heavy atom. The highest BCUT2D eigenvalue weighted by molar-refractivity contribution is 9.10. The van der Waals surface area contributed by atoms with Crippen molar-refractivity contribution >= 4 is 27.5 Å². The van der Waals surface area contributed by atoms with Gasteiger partial charge in [-0.1, -0.05) is 27.2 Å². The maximum Gasteiger partial charge on any atom is 0.168 e. The lowest BCUT2D eigenvalue weighted by molar-refractivity contribution is 0.115. The number of oxime groups is 1. The molecule has 100 valence electrons. The van der Waals surface area contributed by atoms with Gasteiger partial charge < -0.3 is 21.0 Å². The standard InChI is InChI=1S/C12H18BrN3O2/c1-8-10(13)4-3-5-11(8)15-6-7-18-9(2)12(14)16-17/h3-5,9,15,17H,6-7H2,1-2H3,(H2,14,16). The zero-order chi connectivity index (χ0) is 13.5. The molecule has 0 saturated heterocycles. The third-order valence-corrected chi connectivity index (χ3v) is 3.44. The van der Waals surface area contributed by atoms with Crippen molar-refractivity contribution in [1.82, 2.24) is 0 Å². The Bertz CT molecular complexity index is 424. The molecule has 0 aromatic heterocycles. The first-order valence-electron chi connectivity index (χ1n) is 5.64. The van der Waals surface area contributed by atoms with E-state index in [-0.39, 0.29) is 11.9 Å². The number of hydrogen-bond donors (Lipinski definition) is 3. The molecule has 1 aromatic carbocycles. The van der Waals surface area contributed by atoms with E-state index in [1.807, 2.05) is 25.1 Å². The summed E-state index contributed by atoms with van der Waals surface area (Å²) in [5, 5.41) is 14.6. The minimum atomic E-state index is -0.389. The van der Waals surface area contributed by atoms with Gasteiger partial charge in [-0.2, -0.15) is 0 Å². The van der Waals surface area contributed by atoms with E-state index in [9.17, 15) is 0 Å². The number of nitrogens with one attached hydrogen (secondary N) is 1. The molecule has 0 amide bonds. The lowest BCUT2D eigenvalue weighted by Gasteiger charge is -2.13. The Morgan fingerprint density at radius 1 is 1.61 bits per heavy atom. The van der Waals surface area contributed by atoms with Crippen molar-refractivity contribution in [2.24, 2.45) is 10.9 Å². The van der Waals surface area contributed by atoms with E-state index in [0.717, 1.165) is 15.7 Å². The zero-order valence-electron chi connectivity index (χ0n) is 10.5. The highest BCUT2D eigenvalue weighted by Crippen LogP contribution is 2.23. The fourth-order valence-corrected chi connectivity index (χ4v) is 1.75. The third-order valence-electron chi connectivity index (χ3n) is 2.59. The van der Waals surface area contributed by atoms with Crippen molar-refractivity contribution in [3.63, 3.8) is 0 Å². The summed E-state index contributed by atoms with van der Waals surface area (Å²) in [6.45, 7) is 4.90. The topological polar surface area (TPSA) is 79.9 Å². The Balaban J connectivity index is 2.36. The Morgan fingerprint density at radius 2 is 2.33 bits per heavy atom. The van der Waals surface area contributed by atoms with Crippen LogP contribution in [0.1, 0.15) is 12.5 Å². The van der Waals surface area contributed by atoms with Gasteiger partial charge in [-0.15, -0.1) is 0 Å². The van der Waals surface area contributed by atoms with E-state index in [2.05, 4.69) is 26.4 Å². The lowest BCUT2D eigenvalue weighted by Crippen LogP contribution is -2.30. The first kappa shape index (κ1) is 14.8. The molecule has 0 spiro atoms. The van der Waals surface area contributed by atoms with Crippen LogP contribution in [-0.2, 0) is 4.74 Å². The second kappa shape index (κ2) is 7.23. The molecule has 1 aromatic rings. The number of benzene rings is 1. The summed E-state index contributed by atoms with van der Waals surface area (Å²) in [5.41, 5.74) is 7.62. The summed E-state index contributed by atoms with van der Waals surface area (Å²) in [5.74, 6) is 0.0774. The number of amidine groups is 1. The number of rotatable bonds is 6. The molecule has 6 heteroatoms. The van der Waals surface area contributed by atoms with Crippen LogP contribution >= 0.6 is 15.9 Å². The van der Waals surface area contributed by atoms with Crippen LogP contribution in [0.4, 0.5) is 5.69 Å². The van der Waals surface area contributed by atoms with Gasteiger partial charge in [0.25, 0.3) is 0 Å². The number of halogens is 1. The average molecular weight is 316 g/mol. The maximum atomic E-state index is 8.47. The second-order valence-electron chi connectivity index (χ2n) is 3.88. The summed E-state index contributed by atoms with van der Waals surface area (Å²) in [4.78, 5) is 0. The lowest BCUT2D eigenvalue weighted by atomic mass is 10.2. The minimum absolute atomic E-state index is 0.0774. The summed E-state index contributed by atoms with van der Waals surface area (Å²) >= 11 is 3.48. The van der Waals surface area contributed by atoms with Crippen LogP contribution in [-0.4, -0.2) is 30.3 Å². The average Bonchev–Trinajstić information content (AvgIpc) is 2.38. The van der Waals surface area contributed by atoms with E-state index in [1.54, 1.807) is 6.92 Å². The molecule has 0 heterocycles. The van der Waals surface area contributed by atoms with Gasteiger partial charge in [0, 0.05) is 16.7 Å². The van der Waals surface area contributed by atoms with Crippen molar-refractivity contribution in [2.75, 3.05) is 18.5 Å². The summed E-state index contributed by atoms with van der Waals surface area (Å²) in [6.07, 6.45) is -0.389.